The number of aromatic nitrogens is 4. The minimum Gasteiger partial charge on any atom is -0.349 e. The Kier molecular flexibility index (Phi) is 5.66. The smallest absolute Gasteiger partial charge is 0.243 e. The number of para-hydroxylation sites is 2. The van der Waals surface area contributed by atoms with Crippen LogP contribution in [-0.4, -0.2) is 31.3 Å². The van der Waals surface area contributed by atoms with Crippen LogP contribution in [0.5, 0.6) is 0 Å². The summed E-state index contributed by atoms with van der Waals surface area (Å²) in [6.45, 7) is 4.57. The van der Waals surface area contributed by atoms with Gasteiger partial charge in [0, 0.05) is 13.5 Å². The molecule has 0 radical (unpaired) electrons. The molecule has 7 heteroatoms. The first-order chi connectivity index (χ1) is 12.6. The summed E-state index contributed by atoms with van der Waals surface area (Å²) in [5.74, 6) is 0.954. The fourth-order valence-electron chi connectivity index (χ4n) is 3.25. The molecule has 0 unspecified atom stereocenters. The summed E-state index contributed by atoms with van der Waals surface area (Å²) in [5, 5.41) is 4.01. The van der Waals surface area contributed by atoms with Crippen molar-refractivity contribution in [3.8, 4) is 0 Å². The Morgan fingerprint density at radius 2 is 2.08 bits per heavy atom. The average Bonchev–Trinajstić information content (AvgIpc) is 3.21. The summed E-state index contributed by atoms with van der Waals surface area (Å²) in [6, 6.07) is 7.72. The molecule has 0 aliphatic carbocycles. The van der Waals surface area contributed by atoms with Crippen molar-refractivity contribution in [1.82, 2.24) is 24.4 Å². The maximum Gasteiger partial charge on any atom is 0.243 e. The minimum atomic E-state index is -0.273. The Bertz CT molecular complexity index is 914. The molecule has 0 fully saturated rings. The van der Waals surface area contributed by atoms with Gasteiger partial charge in [-0.3, -0.25) is 4.79 Å². The number of fused-ring (bicyclic) bond motifs is 1. The molecule has 1 aromatic carbocycles. The molecule has 0 spiro atoms. The molecule has 6 nitrogen and oxygen atoms in total. The molecular formula is C19H25N5OS. The Morgan fingerprint density at radius 1 is 1.31 bits per heavy atom. The number of carbonyl (C=O) groups excluding carboxylic acids is 1. The molecule has 2 heterocycles. The van der Waals surface area contributed by atoms with E-state index in [-0.39, 0.29) is 11.9 Å². The molecule has 0 aliphatic rings. The van der Waals surface area contributed by atoms with E-state index in [9.17, 15) is 4.79 Å². The van der Waals surface area contributed by atoms with Gasteiger partial charge in [0.05, 0.1) is 29.5 Å². The third kappa shape index (κ3) is 3.35. The van der Waals surface area contributed by atoms with Gasteiger partial charge in [0.2, 0.25) is 5.91 Å². The van der Waals surface area contributed by atoms with E-state index in [4.69, 9.17) is 4.98 Å². The Morgan fingerprint density at radius 3 is 2.73 bits per heavy atom. The second kappa shape index (κ2) is 7.95. The molecule has 3 aromatic rings. The highest BCUT2D eigenvalue weighted by Gasteiger charge is 2.23. The molecular weight excluding hydrogens is 346 g/mol. The van der Waals surface area contributed by atoms with Gasteiger partial charge in [-0.05, 0) is 24.8 Å². The molecule has 0 saturated carbocycles. The van der Waals surface area contributed by atoms with Crippen LogP contribution in [0.15, 0.2) is 35.6 Å². The van der Waals surface area contributed by atoms with Gasteiger partial charge in [-0.15, -0.1) is 0 Å². The van der Waals surface area contributed by atoms with Crippen LogP contribution in [0.1, 0.15) is 37.8 Å². The lowest BCUT2D eigenvalue weighted by Gasteiger charge is -2.20. The van der Waals surface area contributed by atoms with Crippen LogP contribution in [0.3, 0.4) is 0 Å². The molecule has 1 atom stereocenters. The maximum absolute atomic E-state index is 13.0. The van der Waals surface area contributed by atoms with E-state index in [1.165, 1.54) is 0 Å². The second-order valence-corrected chi connectivity index (χ2v) is 6.95. The van der Waals surface area contributed by atoms with Crippen molar-refractivity contribution in [2.75, 3.05) is 6.26 Å². The Hall–Kier alpha value is -2.28. The first-order valence-electron chi connectivity index (χ1n) is 8.88. The molecule has 0 aliphatic heterocycles. The molecule has 0 saturated heterocycles. The lowest BCUT2D eigenvalue weighted by Crippen LogP contribution is -2.33. The number of benzene rings is 1. The minimum absolute atomic E-state index is 0.0113. The number of imidazole rings is 2. The maximum atomic E-state index is 13.0. The highest BCUT2D eigenvalue weighted by atomic mass is 32.2. The Balaban J connectivity index is 1.84. The zero-order chi connectivity index (χ0) is 18.7. The van der Waals surface area contributed by atoms with Crippen molar-refractivity contribution in [2.45, 2.75) is 44.4 Å². The van der Waals surface area contributed by atoms with Crippen LogP contribution in [0.25, 0.3) is 11.0 Å². The van der Waals surface area contributed by atoms with Gasteiger partial charge in [0.1, 0.15) is 11.9 Å². The third-order valence-corrected chi connectivity index (χ3v) is 5.40. The average molecular weight is 372 g/mol. The number of aryl methyl sites for hydroxylation is 1. The van der Waals surface area contributed by atoms with Crippen molar-refractivity contribution in [3.63, 3.8) is 0 Å². The molecule has 3 rings (SSSR count). The van der Waals surface area contributed by atoms with Crippen LogP contribution in [0, 0.1) is 0 Å². The van der Waals surface area contributed by atoms with E-state index < -0.39 is 0 Å². The summed E-state index contributed by atoms with van der Waals surface area (Å²) in [6.07, 6.45) is 5.31. The number of rotatable bonds is 7. The predicted molar refractivity (Wildman–Crippen MR) is 105 cm³/mol. The van der Waals surface area contributed by atoms with Crippen molar-refractivity contribution < 1.29 is 4.79 Å². The number of amides is 1. The van der Waals surface area contributed by atoms with E-state index in [1.54, 1.807) is 11.8 Å². The summed E-state index contributed by atoms with van der Waals surface area (Å²) >= 11 is 1.59. The van der Waals surface area contributed by atoms with Crippen molar-refractivity contribution in [2.24, 2.45) is 7.05 Å². The fraction of sp³-hybridized carbons (Fsp3) is 0.421. The van der Waals surface area contributed by atoms with Crippen LogP contribution in [-0.2, 0) is 24.8 Å². The summed E-state index contributed by atoms with van der Waals surface area (Å²) in [7, 11) is 1.97. The van der Waals surface area contributed by atoms with E-state index in [0.29, 0.717) is 13.0 Å². The lowest BCUT2D eigenvalue weighted by molar-refractivity contribution is -0.124. The van der Waals surface area contributed by atoms with Crippen molar-refractivity contribution in [1.29, 1.82) is 0 Å². The van der Waals surface area contributed by atoms with Crippen LogP contribution in [0.4, 0.5) is 0 Å². The highest BCUT2D eigenvalue weighted by Crippen LogP contribution is 2.24. The number of carbonyl (C=O) groups is 1. The normalized spacial score (nSPS) is 12.5. The van der Waals surface area contributed by atoms with Gasteiger partial charge in [0.15, 0.2) is 5.16 Å². The monoisotopic (exact) mass is 371 g/mol. The predicted octanol–water partition coefficient (Wildman–Crippen LogP) is 3.32. The van der Waals surface area contributed by atoms with E-state index in [1.807, 2.05) is 55.3 Å². The van der Waals surface area contributed by atoms with Crippen LogP contribution in [0.2, 0.25) is 0 Å². The van der Waals surface area contributed by atoms with E-state index >= 15 is 0 Å². The molecule has 0 bridgehead atoms. The molecule has 138 valence electrons. The first kappa shape index (κ1) is 18.5. The summed E-state index contributed by atoms with van der Waals surface area (Å²) in [5.41, 5.74) is 2.94. The van der Waals surface area contributed by atoms with E-state index in [0.717, 1.165) is 34.1 Å². The Labute approximate surface area is 158 Å². The number of nitrogens with one attached hydrogen (secondary N) is 1. The van der Waals surface area contributed by atoms with Crippen LogP contribution >= 0.6 is 11.8 Å². The van der Waals surface area contributed by atoms with Gasteiger partial charge in [-0.25, -0.2) is 9.97 Å². The van der Waals surface area contributed by atoms with Crippen LogP contribution < -0.4 is 5.32 Å². The molecule has 1 N–H and O–H groups in total. The van der Waals surface area contributed by atoms with Gasteiger partial charge in [-0.2, -0.15) is 0 Å². The standard InChI is InChI=1S/C19H25N5OS/c1-5-15(18(25)20-11-13-12-21-19(26-4)23(13)3)24-16-10-8-7-9-14(16)22-17(24)6-2/h7-10,12,15H,5-6,11H2,1-4H3,(H,20,25)/t15-/m0/s1. The zero-order valence-electron chi connectivity index (χ0n) is 15.7. The number of thioether (sulfide) groups is 1. The number of nitrogens with zero attached hydrogens (tertiary/aromatic N) is 4. The first-order valence-corrected chi connectivity index (χ1v) is 10.1. The van der Waals surface area contributed by atoms with Gasteiger partial charge in [-0.1, -0.05) is 37.7 Å². The van der Waals surface area contributed by atoms with Gasteiger partial charge in [0.25, 0.3) is 0 Å². The number of hydrogen-bond acceptors (Lipinski definition) is 4. The van der Waals surface area contributed by atoms with Gasteiger partial charge < -0.3 is 14.5 Å². The second-order valence-electron chi connectivity index (χ2n) is 6.18. The highest BCUT2D eigenvalue weighted by molar-refractivity contribution is 7.98. The fourth-order valence-corrected chi connectivity index (χ4v) is 3.80. The largest absolute Gasteiger partial charge is 0.349 e. The quantitative estimate of drug-likeness (QED) is 0.647. The van der Waals surface area contributed by atoms with Gasteiger partial charge >= 0.3 is 0 Å². The molecule has 1 amide bonds. The zero-order valence-corrected chi connectivity index (χ0v) is 16.5. The summed E-state index contributed by atoms with van der Waals surface area (Å²) < 4.78 is 4.09. The third-order valence-electron chi connectivity index (χ3n) is 4.65. The number of hydrogen-bond donors (Lipinski definition) is 1. The van der Waals surface area contributed by atoms with Crippen molar-refractivity contribution >= 4 is 28.7 Å². The summed E-state index contributed by atoms with van der Waals surface area (Å²) in [4.78, 5) is 22.0. The van der Waals surface area contributed by atoms with E-state index in [2.05, 4.69) is 21.8 Å². The lowest BCUT2D eigenvalue weighted by atomic mass is 10.2. The topological polar surface area (TPSA) is 64.7 Å². The van der Waals surface area contributed by atoms with Crippen molar-refractivity contribution in [3.05, 3.63) is 42.0 Å². The molecule has 26 heavy (non-hydrogen) atoms. The molecule has 2 aromatic heterocycles. The SMILES string of the molecule is CCc1nc2ccccc2n1[C@@H](CC)C(=O)NCc1cnc(SC)n1C.